The topological polar surface area (TPSA) is 122 Å². The van der Waals surface area contributed by atoms with E-state index < -0.39 is 5.72 Å². The molecule has 12 rings (SSSR count). The summed E-state index contributed by atoms with van der Waals surface area (Å²) < 4.78 is 12.1. The van der Waals surface area contributed by atoms with Gasteiger partial charge in [0.05, 0.1) is 12.2 Å². The van der Waals surface area contributed by atoms with Crippen LogP contribution in [0.2, 0.25) is 0 Å². The van der Waals surface area contributed by atoms with Crippen LogP contribution in [0.1, 0.15) is 101 Å². The lowest BCUT2D eigenvalue weighted by molar-refractivity contribution is -0.228. The molecule has 6 saturated heterocycles. The molecule has 292 valence electrons. The maximum Gasteiger partial charge on any atom is 0.317 e. The van der Waals surface area contributed by atoms with Crippen LogP contribution in [-0.4, -0.2) is 83.8 Å². The van der Waals surface area contributed by atoms with Crippen molar-refractivity contribution in [1.29, 1.82) is 0 Å². The van der Waals surface area contributed by atoms with Crippen molar-refractivity contribution >= 4 is 12.1 Å². The number of hydrogen-bond donors (Lipinski definition) is 3. The molecule has 0 aromatic heterocycles. The molecule has 10 aliphatic rings. The van der Waals surface area contributed by atoms with E-state index in [0.29, 0.717) is 18.2 Å². The van der Waals surface area contributed by atoms with Gasteiger partial charge in [-0.25, -0.2) is 9.59 Å². The summed E-state index contributed by atoms with van der Waals surface area (Å²) in [5, 5.41) is 6.46. The third-order valence-corrected chi connectivity index (χ3v) is 13.6. The number of urea groups is 1. The number of piperidine rings is 2. The Morgan fingerprint density at radius 1 is 0.704 bits per heavy atom. The van der Waals surface area contributed by atoms with Gasteiger partial charge in [-0.05, 0) is 125 Å². The molecule has 2 aromatic rings. The third-order valence-electron chi connectivity index (χ3n) is 13.6. The Balaban J connectivity index is 0.000000128. The minimum absolute atomic E-state index is 0.0292. The zero-order valence-electron chi connectivity index (χ0n) is 32.1. The standard InChI is InChI=1S/C22H31N3O2.C12H18N2.C10H13NO2/c26-21(24-22-13-17-10-18(14-22)12-20(11-17)27-22)23-19-6-8-25(9-7-19)15-16-4-2-1-3-5-16;13-12-6-8-14(9-7-12)10-11-4-2-1-3-5-11;12-6-11-10-4-7-1-8(5-10)3-9(2-7)13-10/h1-5,17-20H,6-15H2,(H2,23,24,26);1-5,12H,6-10,13H2;7-9H,1-5H2. The van der Waals surface area contributed by atoms with Gasteiger partial charge in [0.2, 0.25) is 6.08 Å². The van der Waals surface area contributed by atoms with E-state index in [-0.39, 0.29) is 17.8 Å². The predicted molar refractivity (Wildman–Crippen MR) is 209 cm³/mol. The first kappa shape index (κ1) is 37.8. The number of hydrogen-bond acceptors (Lipinski definition) is 8. The van der Waals surface area contributed by atoms with Gasteiger partial charge in [0.1, 0.15) is 5.72 Å². The van der Waals surface area contributed by atoms with Crippen LogP contribution in [-0.2, 0) is 27.4 Å². The van der Waals surface area contributed by atoms with Crippen LogP contribution in [0.15, 0.2) is 65.7 Å². The van der Waals surface area contributed by atoms with Gasteiger partial charge in [-0.1, -0.05) is 60.7 Å². The SMILES string of the molecule is NC1CCN(Cc2ccccc2)CC1.O=C(NC1CCN(Cc2ccccc2)CC1)NC12CC3CC(CC(C3)O1)C2.O=C=NC12CC3CC(CC(C3)O1)C2. The molecule has 10 nitrogen and oxygen atoms in total. The first-order valence-electron chi connectivity index (χ1n) is 21.1. The van der Waals surface area contributed by atoms with Gasteiger partial charge in [0.15, 0.2) is 5.72 Å². The molecule has 4 N–H and O–H groups in total. The van der Waals surface area contributed by atoms with Gasteiger partial charge < -0.3 is 25.8 Å². The number of benzene rings is 2. The van der Waals surface area contributed by atoms with Gasteiger partial charge in [0, 0.05) is 51.1 Å². The number of nitrogens with zero attached hydrogens (tertiary/aromatic N) is 3. The number of amides is 2. The molecule has 4 aliphatic carbocycles. The lowest BCUT2D eigenvalue weighted by Crippen LogP contribution is -2.65. The highest BCUT2D eigenvalue weighted by Crippen LogP contribution is 2.54. The van der Waals surface area contributed by atoms with E-state index in [2.05, 4.69) is 86.1 Å². The number of rotatable bonds is 7. The first-order chi connectivity index (χ1) is 26.3. The van der Waals surface area contributed by atoms with Gasteiger partial charge in [-0.2, -0.15) is 4.99 Å². The Kier molecular flexibility index (Phi) is 11.9. The van der Waals surface area contributed by atoms with Crippen LogP contribution in [0.25, 0.3) is 0 Å². The summed E-state index contributed by atoms with van der Waals surface area (Å²) >= 11 is 0. The van der Waals surface area contributed by atoms with E-state index in [1.165, 1.54) is 49.7 Å². The second-order valence-electron chi connectivity index (χ2n) is 18.1. The van der Waals surface area contributed by atoms with Crippen LogP contribution < -0.4 is 16.4 Å². The quantitative estimate of drug-likeness (QED) is 0.219. The van der Waals surface area contributed by atoms with E-state index in [4.69, 9.17) is 15.2 Å². The summed E-state index contributed by atoms with van der Waals surface area (Å²) in [6.45, 7) is 6.45. The van der Waals surface area contributed by atoms with Crippen LogP contribution >= 0.6 is 0 Å². The molecular weight excluding hydrogens is 677 g/mol. The lowest BCUT2D eigenvalue weighted by Gasteiger charge is -2.56. The minimum atomic E-state index is -0.448. The number of nitrogens with one attached hydrogen (secondary N) is 2. The van der Waals surface area contributed by atoms with E-state index in [0.717, 1.165) is 114 Å². The smallest absolute Gasteiger partial charge is 0.317 e. The van der Waals surface area contributed by atoms with Crippen molar-refractivity contribution < 1.29 is 19.1 Å². The molecule has 0 spiro atoms. The molecule has 8 bridgehead atoms. The first-order valence-corrected chi connectivity index (χ1v) is 21.1. The third kappa shape index (κ3) is 9.63. The second kappa shape index (κ2) is 16.9. The largest absolute Gasteiger partial charge is 0.352 e. The van der Waals surface area contributed by atoms with Crippen molar-refractivity contribution in [3.8, 4) is 0 Å². The van der Waals surface area contributed by atoms with E-state index >= 15 is 0 Å². The summed E-state index contributed by atoms with van der Waals surface area (Å²) in [5.41, 5.74) is 7.80. The van der Waals surface area contributed by atoms with Crippen LogP contribution in [0.5, 0.6) is 0 Å². The number of nitrogens with two attached hydrogens (primary N) is 1. The molecule has 6 aliphatic heterocycles. The fourth-order valence-corrected chi connectivity index (χ4v) is 11.5. The maximum absolute atomic E-state index is 12.7. The molecule has 10 fully saturated rings. The Morgan fingerprint density at radius 3 is 1.67 bits per heavy atom. The normalized spacial score (nSPS) is 35.6. The van der Waals surface area contributed by atoms with Crippen molar-refractivity contribution in [3.63, 3.8) is 0 Å². The zero-order valence-corrected chi connectivity index (χ0v) is 32.1. The fourth-order valence-electron chi connectivity index (χ4n) is 11.5. The Morgan fingerprint density at radius 2 is 1.19 bits per heavy atom. The number of ether oxygens (including phenoxy) is 2. The van der Waals surface area contributed by atoms with E-state index in [1.54, 1.807) is 6.08 Å². The highest BCUT2D eigenvalue weighted by atomic mass is 16.5. The molecule has 6 heterocycles. The van der Waals surface area contributed by atoms with Crippen molar-refractivity contribution in [2.24, 2.45) is 34.4 Å². The molecular formula is C44H62N6O4. The average molecular weight is 739 g/mol. The lowest BCUT2D eigenvalue weighted by atomic mass is 9.65. The van der Waals surface area contributed by atoms with Crippen LogP contribution in [0.3, 0.4) is 0 Å². The summed E-state index contributed by atoms with van der Waals surface area (Å²) in [4.78, 5) is 31.8. The van der Waals surface area contributed by atoms with Gasteiger partial charge in [-0.3, -0.25) is 9.80 Å². The molecule has 2 amide bonds. The summed E-state index contributed by atoms with van der Waals surface area (Å²) in [7, 11) is 0. The number of carbonyl (C=O) groups excluding carboxylic acids is 2. The van der Waals surface area contributed by atoms with Crippen LogP contribution in [0.4, 0.5) is 4.79 Å². The van der Waals surface area contributed by atoms with Crippen molar-refractivity contribution in [2.45, 2.75) is 139 Å². The molecule has 4 atom stereocenters. The number of aliphatic imine (C=N–C) groups is 1. The van der Waals surface area contributed by atoms with Gasteiger partial charge >= 0.3 is 6.03 Å². The summed E-state index contributed by atoms with van der Waals surface area (Å²) in [6, 6.07) is 21.9. The number of likely N-dealkylation sites (tertiary alicyclic amines) is 2. The zero-order chi connectivity index (χ0) is 37.0. The van der Waals surface area contributed by atoms with E-state index in [9.17, 15) is 9.59 Å². The molecule has 4 unspecified atom stereocenters. The predicted octanol–water partition coefficient (Wildman–Crippen LogP) is 6.49. The van der Waals surface area contributed by atoms with Crippen LogP contribution in [0, 0.1) is 23.7 Å². The fraction of sp³-hybridized carbons (Fsp3) is 0.682. The Bertz CT molecular complexity index is 1500. The van der Waals surface area contributed by atoms with E-state index in [1.807, 2.05) is 0 Å². The monoisotopic (exact) mass is 738 g/mol. The Labute approximate surface area is 322 Å². The number of carbonyl (C=O) groups is 1. The number of isocyanates is 1. The highest BCUT2D eigenvalue weighted by Gasteiger charge is 2.54. The molecule has 0 radical (unpaired) electrons. The molecule has 2 aromatic carbocycles. The average Bonchev–Trinajstić information content (AvgIpc) is 3.13. The van der Waals surface area contributed by atoms with Crippen molar-refractivity contribution in [1.82, 2.24) is 20.4 Å². The minimum Gasteiger partial charge on any atom is -0.352 e. The molecule has 10 heteroatoms. The highest BCUT2D eigenvalue weighted by molar-refractivity contribution is 5.75. The second-order valence-corrected chi connectivity index (χ2v) is 18.1. The summed E-state index contributed by atoms with van der Waals surface area (Å²) in [6.07, 6.45) is 18.1. The maximum atomic E-state index is 12.7. The summed E-state index contributed by atoms with van der Waals surface area (Å²) in [5.74, 6) is 3.00. The van der Waals surface area contributed by atoms with Crippen molar-refractivity contribution in [2.75, 3.05) is 26.2 Å². The molecule has 4 saturated carbocycles. The van der Waals surface area contributed by atoms with Gasteiger partial charge in [-0.15, -0.1) is 0 Å². The van der Waals surface area contributed by atoms with Crippen molar-refractivity contribution in [3.05, 3.63) is 71.8 Å². The Hall–Kier alpha value is -3.11. The van der Waals surface area contributed by atoms with Gasteiger partial charge in [0.25, 0.3) is 0 Å². The molecule has 54 heavy (non-hydrogen) atoms.